The number of carboxylic acids is 1. The first kappa shape index (κ1) is 33.5. The second-order valence-corrected chi connectivity index (χ2v) is 12.7. The molecule has 1 atom stereocenters. The lowest BCUT2D eigenvalue weighted by atomic mass is 10.0. The fraction of sp³-hybridized carbons (Fsp3) is 0.235. The number of halogens is 2. The summed E-state index contributed by atoms with van der Waals surface area (Å²) in [7, 11) is -4.01. The summed E-state index contributed by atoms with van der Waals surface area (Å²) in [6.45, 7) is 2.11. The van der Waals surface area contributed by atoms with Crippen molar-refractivity contribution in [1.29, 1.82) is 0 Å². The zero-order chi connectivity index (χ0) is 33.6. The van der Waals surface area contributed by atoms with Gasteiger partial charge in [-0.3, -0.25) is 9.78 Å². The van der Waals surface area contributed by atoms with Crippen LogP contribution in [-0.4, -0.2) is 64.4 Å². The summed E-state index contributed by atoms with van der Waals surface area (Å²) in [5.74, 6) is -3.44. The fourth-order valence-corrected chi connectivity index (χ4v) is 6.71. The predicted octanol–water partition coefficient (Wildman–Crippen LogP) is 5.30. The van der Waals surface area contributed by atoms with Gasteiger partial charge in [0.25, 0.3) is 5.92 Å². The molecule has 0 amide bonds. The third kappa shape index (κ3) is 7.59. The number of sulfonamides is 1. The number of nitrogens with zero attached hydrogens (tertiary/aromatic N) is 5. The van der Waals surface area contributed by atoms with Gasteiger partial charge in [0, 0.05) is 44.4 Å². The van der Waals surface area contributed by atoms with E-state index < -0.39 is 28.0 Å². The number of carbonyl (C=O) groups is 1. The molecule has 6 rings (SSSR count). The van der Waals surface area contributed by atoms with Gasteiger partial charge in [-0.15, -0.1) is 0 Å². The molecule has 0 radical (unpaired) electrons. The van der Waals surface area contributed by atoms with Crippen LogP contribution in [0.1, 0.15) is 24.5 Å². The van der Waals surface area contributed by atoms with Gasteiger partial charge in [-0.05, 0) is 34.9 Å². The van der Waals surface area contributed by atoms with E-state index in [9.17, 15) is 27.1 Å². The molecule has 13 heteroatoms. The van der Waals surface area contributed by atoms with E-state index in [1.54, 1.807) is 53.8 Å². The lowest BCUT2D eigenvalue weighted by molar-refractivity contribution is -0.141. The number of nitrogens with two attached hydrogens (primary N) is 1. The molecule has 1 saturated heterocycles. The minimum absolute atomic E-state index is 0.00972. The van der Waals surface area contributed by atoms with Gasteiger partial charge in [-0.2, -0.15) is 4.31 Å². The van der Waals surface area contributed by atoms with E-state index in [4.69, 9.17) is 5.73 Å². The van der Waals surface area contributed by atoms with Crippen molar-refractivity contribution in [3.8, 4) is 11.1 Å². The molecule has 0 unspecified atom stereocenters. The van der Waals surface area contributed by atoms with E-state index in [0.717, 1.165) is 21.0 Å². The average molecular weight is 661 g/mol. The Hall–Kier alpha value is -4.85. The number of carboxylic acid groups (broad SMARTS) is 1. The summed E-state index contributed by atoms with van der Waals surface area (Å²) < 4.78 is 54.0. The van der Waals surface area contributed by atoms with Crippen LogP contribution >= 0.6 is 0 Å². The molecule has 3 N–H and O–H groups in total. The van der Waals surface area contributed by atoms with Crippen LogP contribution in [-0.2, 0) is 27.3 Å². The zero-order valence-electron chi connectivity index (χ0n) is 25.6. The van der Waals surface area contributed by atoms with Gasteiger partial charge in [0.2, 0.25) is 10.0 Å². The van der Waals surface area contributed by atoms with Gasteiger partial charge >= 0.3 is 5.97 Å². The number of anilines is 1. The number of hydrogen-bond donors (Lipinski definition) is 2. The number of alkyl halides is 2. The van der Waals surface area contributed by atoms with Crippen LogP contribution in [0.4, 0.5) is 14.6 Å². The van der Waals surface area contributed by atoms with Crippen molar-refractivity contribution in [2.45, 2.75) is 36.7 Å². The van der Waals surface area contributed by atoms with Gasteiger partial charge < -0.3 is 15.7 Å². The molecule has 1 aliphatic rings. The van der Waals surface area contributed by atoms with Crippen LogP contribution in [0.15, 0.2) is 108 Å². The van der Waals surface area contributed by atoms with Gasteiger partial charge in [0.1, 0.15) is 17.4 Å². The molecule has 47 heavy (non-hydrogen) atoms. The van der Waals surface area contributed by atoms with Crippen LogP contribution in [0.3, 0.4) is 0 Å². The largest absolute Gasteiger partial charge is 0.480 e. The molecule has 1 fully saturated rings. The van der Waals surface area contributed by atoms with Crippen molar-refractivity contribution >= 4 is 32.8 Å². The molecule has 2 aromatic heterocycles. The first-order chi connectivity index (χ1) is 22.5. The summed E-state index contributed by atoms with van der Waals surface area (Å²) in [5.41, 5.74) is 9.39. The van der Waals surface area contributed by atoms with E-state index in [0.29, 0.717) is 23.4 Å². The van der Waals surface area contributed by atoms with Crippen LogP contribution in [0.2, 0.25) is 0 Å². The maximum absolute atomic E-state index is 13.4. The molecule has 3 aromatic carbocycles. The van der Waals surface area contributed by atoms with Gasteiger partial charge in [0.15, 0.2) is 0 Å². The molecule has 0 saturated carbocycles. The van der Waals surface area contributed by atoms with Gasteiger partial charge in [-0.25, -0.2) is 27.2 Å². The van der Waals surface area contributed by atoms with Crippen LogP contribution < -0.4 is 10.6 Å². The van der Waals surface area contributed by atoms with Crippen molar-refractivity contribution in [3.63, 3.8) is 0 Å². The van der Waals surface area contributed by atoms with Crippen molar-refractivity contribution in [1.82, 2.24) is 19.3 Å². The maximum atomic E-state index is 13.4. The summed E-state index contributed by atoms with van der Waals surface area (Å²) in [4.78, 5) is 26.8. The first-order valence-electron chi connectivity index (χ1n) is 14.9. The Bertz CT molecular complexity index is 1930. The number of benzene rings is 3. The molecule has 1 aliphatic heterocycles. The summed E-state index contributed by atoms with van der Waals surface area (Å²) in [5, 5.41) is 9.87. The first-order valence-corrected chi connectivity index (χ1v) is 16.4. The third-order valence-corrected chi connectivity index (χ3v) is 9.82. The van der Waals surface area contributed by atoms with Gasteiger partial charge in [-0.1, -0.05) is 73.7 Å². The summed E-state index contributed by atoms with van der Waals surface area (Å²) in [6, 6.07) is 22.7. The van der Waals surface area contributed by atoms with Crippen LogP contribution in [0.25, 0.3) is 22.2 Å². The number of rotatable bonds is 8. The number of hydrogen-bond acceptors (Lipinski definition) is 8. The molecule has 0 aliphatic carbocycles. The molecular formula is C34H34F2N6O4S. The Morgan fingerprint density at radius 1 is 0.936 bits per heavy atom. The lowest BCUT2D eigenvalue weighted by Gasteiger charge is -2.38. The second kappa shape index (κ2) is 14.3. The van der Waals surface area contributed by atoms with Crippen molar-refractivity contribution in [3.05, 3.63) is 115 Å². The Morgan fingerprint density at radius 2 is 1.62 bits per heavy atom. The fourth-order valence-electron chi connectivity index (χ4n) is 5.14. The number of aromatic nitrogens is 3. The molecule has 0 spiro atoms. The maximum Gasteiger partial charge on any atom is 0.323 e. The van der Waals surface area contributed by atoms with Crippen molar-refractivity contribution < 1.29 is 27.1 Å². The Balaban J connectivity index is 0.000000281. The average Bonchev–Trinajstić information content (AvgIpc) is 3.11. The smallest absolute Gasteiger partial charge is 0.323 e. The minimum atomic E-state index is -4.01. The van der Waals surface area contributed by atoms with Gasteiger partial charge in [0.05, 0.1) is 22.8 Å². The molecule has 10 nitrogen and oxygen atoms in total. The topological polar surface area (TPSA) is 143 Å². The molecule has 244 valence electrons. The van der Waals surface area contributed by atoms with E-state index in [1.165, 1.54) is 31.2 Å². The highest BCUT2D eigenvalue weighted by Gasteiger charge is 2.40. The van der Waals surface area contributed by atoms with Crippen molar-refractivity contribution in [2.24, 2.45) is 5.73 Å². The van der Waals surface area contributed by atoms with E-state index in [1.807, 2.05) is 30.3 Å². The van der Waals surface area contributed by atoms with Crippen LogP contribution in [0, 0.1) is 0 Å². The Morgan fingerprint density at radius 3 is 2.26 bits per heavy atom. The number of piperazine rings is 1. The predicted molar refractivity (Wildman–Crippen MR) is 175 cm³/mol. The highest BCUT2D eigenvalue weighted by molar-refractivity contribution is 7.89. The Kier molecular flexibility index (Phi) is 10.2. The number of aliphatic carboxylic acids is 1. The normalized spacial score (nSPS) is 15.6. The highest BCUT2D eigenvalue weighted by atomic mass is 32.2. The zero-order valence-corrected chi connectivity index (χ0v) is 26.4. The molecular weight excluding hydrogens is 626 g/mol. The minimum Gasteiger partial charge on any atom is -0.480 e. The quantitative estimate of drug-likeness (QED) is 0.227. The van der Waals surface area contributed by atoms with E-state index in [2.05, 4.69) is 15.0 Å². The van der Waals surface area contributed by atoms with Crippen LogP contribution in [0.5, 0.6) is 0 Å². The van der Waals surface area contributed by atoms with Crippen molar-refractivity contribution in [2.75, 3.05) is 24.5 Å². The molecule has 0 bridgehead atoms. The molecule has 3 heterocycles. The lowest BCUT2D eigenvalue weighted by Crippen LogP contribution is -2.58. The number of pyridine rings is 1. The summed E-state index contributed by atoms with van der Waals surface area (Å²) >= 11 is 0. The standard InChI is InChI=1S/C24H21N5O4S.C10H13F2N/c30-24(31)22-16-28(23-15-26-21-14-25-11-10-20(21)27-23)12-13-29(22)34(32,33)19-8-6-18(7-9-19)17-4-2-1-3-5-17;1-2-10(11,12)9-5-3-8(7-13)4-6-9/h1-11,14-15,22H,12-13,16H2,(H,30,31);3-6H,2,7,13H2,1H3/t22-;/m1./s1. The van der Waals surface area contributed by atoms with E-state index in [-0.39, 0.29) is 36.5 Å². The summed E-state index contributed by atoms with van der Waals surface area (Å²) in [6.07, 6.45) is 4.58. The Labute approximate surface area is 271 Å². The highest BCUT2D eigenvalue weighted by Crippen LogP contribution is 2.31. The monoisotopic (exact) mass is 660 g/mol. The molecule has 5 aromatic rings. The SMILES string of the molecule is CCC(F)(F)c1ccc(CN)cc1.O=C(O)[C@H]1CN(c2cnc3cnccc3n2)CCN1S(=O)(=O)c1ccc(-c2ccccc2)cc1. The van der Waals surface area contributed by atoms with E-state index >= 15 is 0 Å². The third-order valence-electron chi connectivity index (χ3n) is 7.90. The number of fused-ring (bicyclic) bond motifs is 1. The second-order valence-electron chi connectivity index (χ2n) is 10.9.